The SMILES string of the molecule is COc1ccc(C)cc1-n1c(SCC(C)=O)nc2c([nH]c3ccccc32)c1=O. The van der Waals surface area contributed by atoms with Gasteiger partial charge in [-0.2, -0.15) is 0 Å². The average Bonchev–Trinajstić information content (AvgIpc) is 3.05. The van der Waals surface area contributed by atoms with E-state index in [-0.39, 0.29) is 17.1 Å². The van der Waals surface area contributed by atoms with Crippen LogP contribution in [0.3, 0.4) is 0 Å². The van der Waals surface area contributed by atoms with Crippen molar-refractivity contribution in [2.24, 2.45) is 0 Å². The van der Waals surface area contributed by atoms with E-state index in [9.17, 15) is 9.59 Å². The van der Waals surface area contributed by atoms with Crippen LogP contribution in [0.1, 0.15) is 12.5 Å². The molecular weight excluding hydrogens is 374 g/mol. The molecule has 1 N–H and O–H groups in total. The van der Waals surface area contributed by atoms with Crippen molar-refractivity contribution in [2.45, 2.75) is 19.0 Å². The molecule has 6 nitrogen and oxygen atoms in total. The van der Waals surface area contributed by atoms with Gasteiger partial charge in [-0.15, -0.1) is 0 Å². The number of aromatic nitrogens is 3. The topological polar surface area (TPSA) is 77.0 Å². The van der Waals surface area contributed by atoms with Gasteiger partial charge in [-0.05, 0) is 37.6 Å². The van der Waals surface area contributed by atoms with Crippen LogP contribution in [0.15, 0.2) is 52.4 Å². The van der Waals surface area contributed by atoms with Gasteiger partial charge in [-0.25, -0.2) is 9.55 Å². The van der Waals surface area contributed by atoms with E-state index in [0.29, 0.717) is 27.6 Å². The van der Waals surface area contributed by atoms with E-state index in [1.165, 1.54) is 23.3 Å². The van der Waals surface area contributed by atoms with Crippen LogP contribution in [0.2, 0.25) is 0 Å². The number of benzene rings is 2. The maximum atomic E-state index is 13.5. The number of aryl methyl sites for hydroxylation is 1. The molecule has 0 atom stereocenters. The summed E-state index contributed by atoms with van der Waals surface area (Å²) >= 11 is 1.25. The minimum absolute atomic E-state index is 0.0148. The number of Topliss-reactive ketones (excluding diaryl/α,β-unsaturated/α-hetero) is 1. The first-order chi connectivity index (χ1) is 13.5. The number of carbonyl (C=O) groups is 1. The molecule has 142 valence electrons. The highest BCUT2D eigenvalue weighted by atomic mass is 32.2. The van der Waals surface area contributed by atoms with Crippen LogP contribution in [-0.2, 0) is 4.79 Å². The van der Waals surface area contributed by atoms with Crippen molar-refractivity contribution in [3.05, 3.63) is 58.4 Å². The number of aromatic amines is 1. The molecule has 0 bridgehead atoms. The van der Waals surface area contributed by atoms with E-state index in [2.05, 4.69) is 4.98 Å². The van der Waals surface area contributed by atoms with Gasteiger partial charge in [0.25, 0.3) is 5.56 Å². The molecule has 2 aromatic heterocycles. The Balaban J connectivity index is 2.08. The second-order valence-electron chi connectivity index (χ2n) is 6.60. The molecule has 0 saturated carbocycles. The number of hydrogen-bond donors (Lipinski definition) is 1. The minimum Gasteiger partial charge on any atom is -0.495 e. The van der Waals surface area contributed by atoms with E-state index in [1.807, 2.05) is 49.4 Å². The Bertz CT molecular complexity index is 1270. The number of ketones is 1. The summed E-state index contributed by atoms with van der Waals surface area (Å²) in [5.74, 6) is 0.810. The van der Waals surface area contributed by atoms with Crippen LogP contribution in [0, 0.1) is 6.92 Å². The van der Waals surface area contributed by atoms with Crippen molar-refractivity contribution < 1.29 is 9.53 Å². The zero-order valence-corrected chi connectivity index (χ0v) is 16.6. The highest BCUT2D eigenvalue weighted by molar-refractivity contribution is 7.99. The van der Waals surface area contributed by atoms with E-state index in [4.69, 9.17) is 9.72 Å². The zero-order valence-electron chi connectivity index (χ0n) is 15.8. The van der Waals surface area contributed by atoms with Gasteiger partial charge in [0, 0.05) is 10.9 Å². The molecule has 0 saturated heterocycles. The fourth-order valence-corrected chi connectivity index (χ4v) is 3.99. The summed E-state index contributed by atoms with van der Waals surface area (Å²) in [6, 6.07) is 13.3. The minimum atomic E-state index is -0.226. The predicted octanol–water partition coefficient (Wildman–Crippen LogP) is 3.87. The van der Waals surface area contributed by atoms with Crippen LogP contribution < -0.4 is 10.3 Å². The lowest BCUT2D eigenvalue weighted by atomic mass is 10.2. The molecule has 0 fully saturated rings. The first-order valence-corrected chi connectivity index (χ1v) is 9.79. The van der Waals surface area contributed by atoms with E-state index < -0.39 is 0 Å². The Labute approximate surface area is 165 Å². The summed E-state index contributed by atoms with van der Waals surface area (Å²) in [5.41, 5.74) is 3.25. The Kier molecular flexibility index (Phi) is 4.68. The number of carbonyl (C=O) groups excluding carboxylic acids is 1. The molecule has 28 heavy (non-hydrogen) atoms. The van der Waals surface area contributed by atoms with Crippen molar-refractivity contribution in [2.75, 3.05) is 12.9 Å². The number of nitrogens with one attached hydrogen (secondary N) is 1. The molecule has 0 aliphatic rings. The van der Waals surface area contributed by atoms with Crippen molar-refractivity contribution >= 4 is 39.5 Å². The van der Waals surface area contributed by atoms with Gasteiger partial charge in [0.05, 0.1) is 18.6 Å². The largest absolute Gasteiger partial charge is 0.495 e. The molecule has 2 heterocycles. The summed E-state index contributed by atoms with van der Waals surface area (Å²) < 4.78 is 7.01. The quantitative estimate of drug-likeness (QED) is 0.411. The molecule has 4 aromatic rings. The number of hydrogen-bond acceptors (Lipinski definition) is 5. The molecular formula is C21H19N3O3S. The number of methoxy groups -OCH3 is 1. The number of nitrogens with zero attached hydrogens (tertiary/aromatic N) is 2. The first kappa shape index (κ1) is 18.3. The van der Waals surface area contributed by atoms with Gasteiger partial charge in [-0.3, -0.25) is 9.59 Å². The highest BCUT2D eigenvalue weighted by Crippen LogP contribution is 2.30. The number of rotatable bonds is 5. The molecule has 4 rings (SSSR count). The number of fused-ring (bicyclic) bond motifs is 3. The maximum absolute atomic E-state index is 13.5. The van der Waals surface area contributed by atoms with Crippen molar-refractivity contribution in [3.8, 4) is 11.4 Å². The molecule has 0 spiro atoms. The third kappa shape index (κ3) is 3.07. The fraction of sp³-hybridized carbons (Fsp3) is 0.190. The van der Waals surface area contributed by atoms with Gasteiger partial charge in [-0.1, -0.05) is 36.0 Å². The second-order valence-corrected chi connectivity index (χ2v) is 7.54. The molecule has 2 aromatic carbocycles. The molecule has 0 radical (unpaired) electrons. The zero-order chi connectivity index (χ0) is 19.8. The normalized spacial score (nSPS) is 11.2. The summed E-state index contributed by atoms with van der Waals surface area (Å²) in [4.78, 5) is 33.0. The van der Waals surface area contributed by atoms with Crippen LogP contribution in [0.25, 0.3) is 27.6 Å². The van der Waals surface area contributed by atoms with Crippen molar-refractivity contribution in [3.63, 3.8) is 0 Å². The Morgan fingerprint density at radius 2 is 2.04 bits per heavy atom. The maximum Gasteiger partial charge on any atom is 0.283 e. The highest BCUT2D eigenvalue weighted by Gasteiger charge is 2.19. The third-order valence-corrected chi connectivity index (χ3v) is 5.56. The fourth-order valence-electron chi connectivity index (χ4n) is 3.19. The Hall–Kier alpha value is -3.06. The van der Waals surface area contributed by atoms with Crippen LogP contribution in [-0.4, -0.2) is 33.2 Å². The van der Waals surface area contributed by atoms with Crippen LogP contribution >= 0.6 is 11.8 Å². The van der Waals surface area contributed by atoms with Gasteiger partial charge in [0.1, 0.15) is 22.6 Å². The Morgan fingerprint density at radius 1 is 1.25 bits per heavy atom. The number of ether oxygens (including phenoxy) is 1. The van der Waals surface area contributed by atoms with Crippen molar-refractivity contribution in [1.29, 1.82) is 0 Å². The van der Waals surface area contributed by atoms with Crippen LogP contribution in [0.4, 0.5) is 0 Å². The van der Waals surface area contributed by atoms with Gasteiger partial charge < -0.3 is 9.72 Å². The van der Waals surface area contributed by atoms with Gasteiger partial charge in [0.15, 0.2) is 5.16 Å². The third-order valence-electron chi connectivity index (χ3n) is 4.47. The number of thioether (sulfide) groups is 1. The second kappa shape index (κ2) is 7.16. The smallest absolute Gasteiger partial charge is 0.283 e. The summed E-state index contributed by atoms with van der Waals surface area (Å²) in [6.45, 7) is 3.47. The lowest BCUT2D eigenvalue weighted by Crippen LogP contribution is -2.22. The molecule has 7 heteroatoms. The molecule has 0 aliphatic carbocycles. The standard InChI is InChI=1S/C21H19N3O3S/c1-12-8-9-17(27-3)16(10-12)24-20(26)19-18(23-21(24)28-11-13(2)25)14-6-4-5-7-15(14)22-19/h4-10,22H,11H2,1-3H3. The summed E-state index contributed by atoms with van der Waals surface area (Å²) in [7, 11) is 1.57. The predicted molar refractivity (Wildman–Crippen MR) is 112 cm³/mol. The average molecular weight is 393 g/mol. The first-order valence-electron chi connectivity index (χ1n) is 8.80. The monoisotopic (exact) mass is 393 g/mol. The molecule has 0 amide bonds. The van der Waals surface area contributed by atoms with Crippen molar-refractivity contribution in [1.82, 2.24) is 14.5 Å². The van der Waals surface area contributed by atoms with E-state index in [0.717, 1.165) is 16.5 Å². The Morgan fingerprint density at radius 3 is 2.79 bits per heavy atom. The van der Waals surface area contributed by atoms with E-state index >= 15 is 0 Å². The van der Waals surface area contributed by atoms with Gasteiger partial charge in [0.2, 0.25) is 0 Å². The van der Waals surface area contributed by atoms with E-state index in [1.54, 1.807) is 7.11 Å². The molecule has 0 unspecified atom stereocenters. The lowest BCUT2D eigenvalue weighted by molar-refractivity contribution is -0.114. The number of para-hydroxylation sites is 1. The van der Waals surface area contributed by atoms with Gasteiger partial charge >= 0.3 is 0 Å². The molecule has 0 aliphatic heterocycles. The van der Waals surface area contributed by atoms with Crippen LogP contribution in [0.5, 0.6) is 5.75 Å². The summed E-state index contributed by atoms with van der Waals surface area (Å²) in [6.07, 6.45) is 0. The number of H-pyrrole nitrogens is 1. The lowest BCUT2D eigenvalue weighted by Gasteiger charge is -2.15. The summed E-state index contributed by atoms with van der Waals surface area (Å²) in [5, 5.41) is 1.34.